The first-order chi connectivity index (χ1) is 21.3. The van der Waals surface area contributed by atoms with Gasteiger partial charge in [-0.15, -0.1) is 11.3 Å². The van der Waals surface area contributed by atoms with Gasteiger partial charge in [-0.2, -0.15) is 0 Å². The number of aromatic nitrogens is 1. The monoisotopic (exact) mass is 673 g/mol. The molecule has 3 heterocycles. The zero-order valence-electron chi connectivity index (χ0n) is 29.5. The molecule has 0 aromatic carbocycles. The summed E-state index contributed by atoms with van der Waals surface area (Å²) in [7, 11) is -2.53. The number of carbonyl (C=O) groups excluding carboxylic acids is 3. The lowest BCUT2D eigenvalue weighted by atomic mass is 9.69. The van der Waals surface area contributed by atoms with E-state index in [1.165, 1.54) is 6.08 Å². The maximum absolute atomic E-state index is 14.5. The molecule has 46 heavy (non-hydrogen) atoms. The van der Waals surface area contributed by atoms with Gasteiger partial charge in [0.05, 0.1) is 34.7 Å². The topological polar surface area (TPSA) is 112 Å². The number of ether oxygens (including phenoxy) is 2. The Hall–Kier alpha value is -2.40. The van der Waals surface area contributed by atoms with Gasteiger partial charge in [-0.25, -0.2) is 9.78 Å². The van der Waals surface area contributed by atoms with Crippen molar-refractivity contribution in [3.05, 3.63) is 45.5 Å². The van der Waals surface area contributed by atoms with Crippen molar-refractivity contribution in [2.75, 3.05) is 6.61 Å². The molecule has 10 heteroatoms. The highest BCUT2D eigenvalue weighted by molar-refractivity contribution is 7.09. The van der Waals surface area contributed by atoms with Crippen LogP contribution in [0.3, 0.4) is 0 Å². The number of aliphatic hydroxyl groups excluding tert-OH is 1. The molecule has 0 saturated carbocycles. The van der Waals surface area contributed by atoms with Gasteiger partial charge in [0.15, 0.2) is 8.32 Å². The van der Waals surface area contributed by atoms with Gasteiger partial charge in [-0.05, 0) is 87.7 Å². The van der Waals surface area contributed by atoms with Crippen LogP contribution in [0.2, 0.25) is 18.1 Å². The fraction of sp³-hybridized carbons (Fsp3) is 0.667. The molecule has 2 bridgehead atoms. The Morgan fingerprint density at radius 1 is 1.22 bits per heavy atom. The predicted molar refractivity (Wildman–Crippen MR) is 186 cm³/mol. The Morgan fingerprint density at radius 2 is 1.91 bits per heavy atom. The Labute approximate surface area is 280 Å². The van der Waals surface area contributed by atoms with E-state index >= 15 is 0 Å². The number of thiazole rings is 1. The quantitative estimate of drug-likeness (QED) is 0.196. The van der Waals surface area contributed by atoms with E-state index in [1.54, 1.807) is 31.3 Å². The van der Waals surface area contributed by atoms with Crippen LogP contribution in [0.15, 0.2) is 34.8 Å². The number of esters is 2. The zero-order chi connectivity index (χ0) is 34.4. The molecular weight excluding hydrogens is 619 g/mol. The van der Waals surface area contributed by atoms with Crippen LogP contribution in [0.1, 0.15) is 97.7 Å². The zero-order valence-corrected chi connectivity index (χ0v) is 31.3. The maximum Gasteiger partial charge on any atom is 0.330 e. The second kappa shape index (κ2) is 15.7. The summed E-state index contributed by atoms with van der Waals surface area (Å²) in [5.74, 6) is -2.01. The van der Waals surface area contributed by atoms with E-state index in [0.29, 0.717) is 19.3 Å². The molecule has 0 radical (unpaired) electrons. The van der Waals surface area contributed by atoms with Gasteiger partial charge in [0, 0.05) is 23.8 Å². The first-order valence-corrected chi connectivity index (χ1v) is 20.3. The molecule has 1 aromatic heterocycles. The van der Waals surface area contributed by atoms with Crippen LogP contribution < -0.4 is 0 Å². The number of aryl methyl sites for hydroxylation is 1. The Balaban J connectivity index is 2.21. The van der Waals surface area contributed by atoms with E-state index in [-0.39, 0.29) is 36.2 Å². The van der Waals surface area contributed by atoms with E-state index in [0.717, 1.165) is 28.3 Å². The minimum Gasteiger partial charge on any atom is -0.458 e. The lowest BCUT2D eigenvalue weighted by molar-refractivity contribution is -0.154. The largest absolute Gasteiger partial charge is 0.458 e. The van der Waals surface area contributed by atoms with Crippen LogP contribution in [0.5, 0.6) is 0 Å². The van der Waals surface area contributed by atoms with Crippen molar-refractivity contribution in [3.63, 3.8) is 0 Å². The van der Waals surface area contributed by atoms with Gasteiger partial charge in [-0.3, -0.25) is 9.59 Å². The molecule has 0 saturated heterocycles. The molecule has 8 nitrogen and oxygen atoms in total. The molecule has 0 spiro atoms. The van der Waals surface area contributed by atoms with E-state index in [2.05, 4.69) is 38.8 Å². The third-order valence-corrected chi connectivity index (χ3v) is 15.4. The van der Waals surface area contributed by atoms with E-state index in [1.807, 2.05) is 38.3 Å². The number of fused-ring (bicyclic) bond motifs is 6. The summed E-state index contributed by atoms with van der Waals surface area (Å²) < 4.78 is 18.8. The first kappa shape index (κ1) is 38.0. The van der Waals surface area contributed by atoms with E-state index in [9.17, 15) is 19.5 Å². The third kappa shape index (κ3) is 9.81. The minimum absolute atomic E-state index is 0.110. The Bertz CT molecular complexity index is 1340. The number of allylic oxidation sites excluding steroid dienone is 1. The number of ketones is 1. The van der Waals surface area contributed by atoms with Crippen molar-refractivity contribution in [2.24, 2.45) is 17.3 Å². The minimum atomic E-state index is -2.53. The molecule has 0 aliphatic carbocycles. The van der Waals surface area contributed by atoms with Crippen molar-refractivity contribution in [3.8, 4) is 0 Å². The van der Waals surface area contributed by atoms with E-state index in [4.69, 9.17) is 13.9 Å². The molecule has 6 atom stereocenters. The summed E-state index contributed by atoms with van der Waals surface area (Å²) in [6.45, 7) is 20.0. The van der Waals surface area contributed by atoms with Gasteiger partial charge >= 0.3 is 11.9 Å². The highest BCUT2D eigenvalue weighted by Gasteiger charge is 2.50. The van der Waals surface area contributed by atoms with Gasteiger partial charge in [-0.1, -0.05) is 46.8 Å². The fourth-order valence-corrected chi connectivity index (χ4v) is 7.86. The molecule has 3 rings (SSSR count). The van der Waals surface area contributed by atoms with Crippen LogP contribution in [0.25, 0.3) is 6.08 Å². The third-order valence-electron chi connectivity index (χ3n) is 10.1. The predicted octanol–water partition coefficient (Wildman–Crippen LogP) is 7.76. The lowest BCUT2D eigenvalue weighted by Crippen LogP contribution is -2.54. The van der Waals surface area contributed by atoms with Crippen LogP contribution in [0.4, 0.5) is 0 Å². The van der Waals surface area contributed by atoms with Crippen molar-refractivity contribution >= 4 is 43.5 Å². The van der Waals surface area contributed by atoms with Crippen LogP contribution in [-0.4, -0.2) is 61.0 Å². The molecule has 1 aromatic rings. The number of rotatable bonds is 4. The molecule has 1 N–H and O–H groups in total. The Kier molecular flexibility index (Phi) is 13.0. The van der Waals surface area contributed by atoms with Gasteiger partial charge in [0.25, 0.3) is 0 Å². The number of nitrogens with zero attached hydrogens (tertiary/aromatic N) is 1. The molecule has 0 fully saturated rings. The molecule has 2 aliphatic rings. The summed E-state index contributed by atoms with van der Waals surface area (Å²) in [4.78, 5) is 45.9. The number of hydrogen-bond acceptors (Lipinski definition) is 9. The summed E-state index contributed by atoms with van der Waals surface area (Å²) in [6.07, 6.45) is 7.08. The summed E-state index contributed by atoms with van der Waals surface area (Å²) >= 11 is 1.55. The standard InChI is InChI=1S/C36H55NO7SSi/c1-23-13-11-14-27-16-17-29(24(2)19-28-22-45-26(4)37-28)43-32(39)20-30(44-46(9,10)35(5,6)7)36(8,34(41)25(3)33(23)40)18-12-15-31(38)42-21-27/h12,15-16,19,22-23,25,29-30,33,40H,11,13-14,17-18,20-21H2,1-10H3/b15-12-,24-19+,27-16+/t23-,25-,29-,30-,33+,36-/m0/s1. The fourth-order valence-electron chi connectivity index (χ4n) is 5.89. The molecule has 0 amide bonds. The number of hydrogen-bond donors (Lipinski definition) is 1. The van der Waals surface area contributed by atoms with E-state index < -0.39 is 49.9 Å². The maximum atomic E-state index is 14.5. The number of cyclic esters (lactones) is 1. The molecular formula is C36H55NO7SSi. The van der Waals surface area contributed by atoms with Gasteiger partial charge in [0.1, 0.15) is 18.5 Å². The van der Waals surface area contributed by atoms with Crippen LogP contribution in [-0.2, 0) is 28.3 Å². The first-order valence-electron chi connectivity index (χ1n) is 16.5. The number of carbonyl (C=O) groups is 3. The van der Waals surface area contributed by atoms with Crippen molar-refractivity contribution in [1.82, 2.24) is 4.98 Å². The normalized spacial score (nSPS) is 31.9. The average molecular weight is 674 g/mol. The number of Topliss-reactive ketones (excluding diaryl/α,β-unsaturated/α-hetero) is 1. The molecule has 2 aliphatic heterocycles. The van der Waals surface area contributed by atoms with Gasteiger partial charge in [0.2, 0.25) is 0 Å². The highest BCUT2D eigenvalue weighted by atomic mass is 32.1. The second-order valence-corrected chi connectivity index (χ2v) is 20.8. The average Bonchev–Trinajstić information content (AvgIpc) is 3.37. The highest BCUT2D eigenvalue weighted by Crippen LogP contribution is 2.44. The smallest absolute Gasteiger partial charge is 0.330 e. The summed E-state index contributed by atoms with van der Waals surface area (Å²) in [6, 6.07) is 0. The van der Waals surface area contributed by atoms with Crippen LogP contribution in [0, 0.1) is 24.2 Å². The number of aliphatic hydroxyl groups is 1. The summed E-state index contributed by atoms with van der Waals surface area (Å²) in [5.41, 5.74) is 1.31. The van der Waals surface area contributed by atoms with Gasteiger partial charge < -0.3 is 19.0 Å². The van der Waals surface area contributed by atoms with Crippen molar-refractivity contribution in [2.45, 2.75) is 130 Å². The lowest BCUT2D eigenvalue weighted by Gasteiger charge is -2.45. The van der Waals surface area contributed by atoms with Crippen LogP contribution >= 0.6 is 11.3 Å². The van der Waals surface area contributed by atoms with Crippen molar-refractivity contribution in [1.29, 1.82) is 0 Å². The SMILES string of the molecule is C/C(=C\c1csc(C)n1)[C@@H]1C/C=C2\CCC[C@H](C)[C@@H](O)[C@H](C)C(=O)[C@@](C)(C/C=C\C(=O)OC2)[C@@H](O[Si](C)(C)C(C)(C)C)CC(=O)O1. The van der Waals surface area contributed by atoms with Crippen molar-refractivity contribution < 1.29 is 33.4 Å². The molecule has 0 unspecified atom stereocenters. The second-order valence-electron chi connectivity index (χ2n) is 15.0. The Morgan fingerprint density at radius 3 is 2.54 bits per heavy atom. The summed E-state index contributed by atoms with van der Waals surface area (Å²) in [5, 5.41) is 14.1. The molecule has 256 valence electrons.